The van der Waals surface area contributed by atoms with Crippen molar-refractivity contribution >= 4 is 17.9 Å². The highest BCUT2D eigenvalue weighted by Gasteiger charge is 2.19. The van der Waals surface area contributed by atoms with Gasteiger partial charge in [0, 0.05) is 19.3 Å². The van der Waals surface area contributed by atoms with Gasteiger partial charge in [-0.05, 0) is 96.3 Å². The zero-order valence-electron chi connectivity index (χ0n) is 42.3. The number of carbonyl (C=O) groups excluding carboxylic acids is 3. The largest absolute Gasteiger partial charge is 0.462 e. The van der Waals surface area contributed by atoms with E-state index in [4.69, 9.17) is 14.2 Å². The second-order valence-corrected chi connectivity index (χ2v) is 16.5. The number of hydrogen-bond acceptors (Lipinski definition) is 6. The molecule has 0 spiro atoms. The Labute approximate surface area is 409 Å². The predicted molar refractivity (Wildman–Crippen MR) is 288 cm³/mol. The van der Waals surface area contributed by atoms with Gasteiger partial charge in [-0.3, -0.25) is 14.4 Å². The Bertz CT molecular complexity index is 1570. The highest BCUT2D eigenvalue weighted by Crippen LogP contribution is 2.13. The molecule has 0 saturated heterocycles. The summed E-state index contributed by atoms with van der Waals surface area (Å²) in [6, 6.07) is 0. The summed E-state index contributed by atoms with van der Waals surface area (Å²) in [5.74, 6) is -1.01. The van der Waals surface area contributed by atoms with Crippen LogP contribution < -0.4 is 0 Å². The van der Waals surface area contributed by atoms with E-state index in [1.807, 2.05) is 66.8 Å². The Kier molecular flexibility index (Phi) is 49.7. The quantitative estimate of drug-likeness (QED) is 0.0199. The van der Waals surface area contributed by atoms with Crippen LogP contribution in [0.4, 0.5) is 0 Å². The van der Waals surface area contributed by atoms with Gasteiger partial charge >= 0.3 is 17.9 Å². The van der Waals surface area contributed by atoms with Gasteiger partial charge in [0.1, 0.15) is 13.2 Å². The van der Waals surface area contributed by atoms with Crippen LogP contribution in [0.1, 0.15) is 188 Å². The maximum absolute atomic E-state index is 12.8. The van der Waals surface area contributed by atoms with Gasteiger partial charge in [0.05, 0.1) is 0 Å². The van der Waals surface area contributed by atoms with Crippen molar-refractivity contribution in [1.29, 1.82) is 0 Å². The lowest BCUT2D eigenvalue weighted by molar-refractivity contribution is -0.167. The molecule has 0 aliphatic carbocycles. The first-order valence-corrected chi connectivity index (χ1v) is 26.1. The Hall–Kier alpha value is -4.97. The molecule has 0 aromatic rings. The summed E-state index contributed by atoms with van der Waals surface area (Å²) < 4.78 is 16.7. The molecule has 0 fully saturated rings. The minimum atomic E-state index is -0.824. The van der Waals surface area contributed by atoms with Crippen molar-refractivity contribution in [2.24, 2.45) is 0 Å². The number of rotatable bonds is 44. The molecule has 0 rings (SSSR count). The van der Waals surface area contributed by atoms with Crippen LogP contribution in [0.25, 0.3) is 0 Å². The second kappa shape index (κ2) is 53.6. The number of ether oxygens (including phenoxy) is 3. The van der Waals surface area contributed by atoms with E-state index in [0.717, 1.165) is 128 Å². The fourth-order valence-electron chi connectivity index (χ4n) is 6.40. The van der Waals surface area contributed by atoms with Crippen LogP contribution >= 0.6 is 0 Å². The summed E-state index contributed by atoms with van der Waals surface area (Å²) in [7, 11) is 0. The van der Waals surface area contributed by atoms with Gasteiger partial charge in [-0.25, -0.2) is 0 Å². The summed E-state index contributed by atoms with van der Waals surface area (Å²) in [5, 5.41) is 0. The maximum atomic E-state index is 12.8. The average molecular weight is 921 g/mol. The molecule has 0 heterocycles. The SMILES string of the molecule is CC\C=C/C=C\C=C/C=C\C=C\C=C/CCCCCC(=O)OC(COC(=O)CCCCCCC\C=C/C=C\C=C/CC)COC(=O)CCCCCCCC/C=C\C/C=C\C/C=C\C/C=C\CC. The van der Waals surface area contributed by atoms with Crippen molar-refractivity contribution in [3.63, 3.8) is 0 Å². The molecule has 0 N–H and O–H groups in total. The van der Waals surface area contributed by atoms with Crippen molar-refractivity contribution in [1.82, 2.24) is 0 Å². The van der Waals surface area contributed by atoms with E-state index < -0.39 is 6.10 Å². The third kappa shape index (κ3) is 51.9. The molecular weight excluding hydrogens is 829 g/mol. The van der Waals surface area contributed by atoms with Crippen molar-refractivity contribution in [3.05, 3.63) is 158 Å². The second-order valence-electron chi connectivity index (χ2n) is 16.5. The van der Waals surface area contributed by atoms with Crippen molar-refractivity contribution < 1.29 is 28.6 Å². The van der Waals surface area contributed by atoms with E-state index in [1.54, 1.807) is 0 Å². The van der Waals surface area contributed by atoms with Crippen LogP contribution in [0.3, 0.4) is 0 Å². The van der Waals surface area contributed by atoms with E-state index in [9.17, 15) is 14.4 Å². The third-order valence-corrected chi connectivity index (χ3v) is 10.2. The zero-order chi connectivity index (χ0) is 48.6. The Morgan fingerprint density at radius 3 is 1.03 bits per heavy atom. The Morgan fingerprint density at radius 2 is 0.612 bits per heavy atom. The molecule has 6 heteroatoms. The van der Waals surface area contributed by atoms with Crippen LogP contribution in [0.15, 0.2) is 158 Å². The third-order valence-electron chi connectivity index (χ3n) is 10.2. The van der Waals surface area contributed by atoms with Crippen LogP contribution in [-0.4, -0.2) is 37.2 Å². The number of hydrogen-bond donors (Lipinski definition) is 0. The first-order valence-electron chi connectivity index (χ1n) is 26.1. The number of esters is 3. The molecule has 0 saturated carbocycles. The van der Waals surface area contributed by atoms with E-state index in [-0.39, 0.29) is 37.5 Å². The number of unbranched alkanes of at least 4 members (excludes halogenated alkanes) is 14. The summed E-state index contributed by atoms with van der Waals surface area (Å²) in [4.78, 5) is 38.0. The topological polar surface area (TPSA) is 78.9 Å². The molecule has 67 heavy (non-hydrogen) atoms. The molecule has 0 radical (unpaired) electrons. The van der Waals surface area contributed by atoms with Crippen LogP contribution in [-0.2, 0) is 28.6 Å². The Morgan fingerprint density at radius 1 is 0.313 bits per heavy atom. The molecule has 0 bridgehead atoms. The molecular formula is C61H92O6. The monoisotopic (exact) mass is 921 g/mol. The average Bonchev–Trinajstić information content (AvgIpc) is 3.33. The fraction of sp³-hybridized carbons (Fsp3) is 0.525. The number of carbonyl (C=O) groups is 3. The van der Waals surface area contributed by atoms with Gasteiger partial charge in [0.2, 0.25) is 0 Å². The van der Waals surface area contributed by atoms with E-state index in [0.29, 0.717) is 19.3 Å². The van der Waals surface area contributed by atoms with Crippen molar-refractivity contribution in [3.8, 4) is 0 Å². The summed E-state index contributed by atoms with van der Waals surface area (Å²) in [5.41, 5.74) is 0. The standard InChI is InChI=1S/C61H92O6/c1-4-7-10-13-16-19-22-25-27-29-30-32-33-36-39-42-45-48-51-54-60(63)66-57-58(56-65-59(62)53-50-47-44-41-38-35-24-21-18-15-12-9-6-3)67-61(64)55-52-49-46-43-40-37-34-31-28-26-23-20-17-14-11-8-5-2/h7-12,14-21,23-28,30-32,34,37,40,58H,4-6,13,22,29,33,35-36,38-39,41-57H2,1-3H3/b10-7-,11-8-,12-9-,17-14-,18-15-,19-16-,23-20-,24-21-,27-25-,28-26-,32-30-,34-31+,40-37-. The van der Waals surface area contributed by atoms with Gasteiger partial charge in [-0.15, -0.1) is 0 Å². The molecule has 0 aromatic carbocycles. The van der Waals surface area contributed by atoms with Gasteiger partial charge in [0.25, 0.3) is 0 Å². The first-order chi connectivity index (χ1) is 33.0. The lowest BCUT2D eigenvalue weighted by Gasteiger charge is -2.18. The van der Waals surface area contributed by atoms with Gasteiger partial charge < -0.3 is 14.2 Å². The van der Waals surface area contributed by atoms with Gasteiger partial charge in [-0.2, -0.15) is 0 Å². The minimum Gasteiger partial charge on any atom is -0.462 e. The molecule has 0 aromatic heterocycles. The van der Waals surface area contributed by atoms with Gasteiger partial charge in [0.15, 0.2) is 6.10 Å². The molecule has 0 amide bonds. The highest BCUT2D eigenvalue weighted by atomic mass is 16.6. The predicted octanol–water partition coefficient (Wildman–Crippen LogP) is 17.4. The fourth-order valence-corrected chi connectivity index (χ4v) is 6.40. The normalized spacial score (nSPS) is 13.4. The summed E-state index contributed by atoms with van der Waals surface area (Å²) in [6.07, 6.45) is 77.9. The van der Waals surface area contributed by atoms with E-state index >= 15 is 0 Å². The van der Waals surface area contributed by atoms with Crippen molar-refractivity contribution in [2.45, 2.75) is 194 Å². The lowest BCUT2D eigenvalue weighted by atomic mass is 10.1. The maximum Gasteiger partial charge on any atom is 0.306 e. The molecule has 0 aliphatic rings. The first kappa shape index (κ1) is 62.0. The molecule has 0 aliphatic heterocycles. The van der Waals surface area contributed by atoms with E-state index in [2.05, 4.69) is 112 Å². The zero-order valence-corrected chi connectivity index (χ0v) is 42.3. The summed E-state index contributed by atoms with van der Waals surface area (Å²) >= 11 is 0. The van der Waals surface area contributed by atoms with Crippen LogP contribution in [0.5, 0.6) is 0 Å². The van der Waals surface area contributed by atoms with Crippen LogP contribution in [0, 0.1) is 0 Å². The van der Waals surface area contributed by atoms with E-state index in [1.165, 1.54) is 12.8 Å². The lowest BCUT2D eigenvalue weighted by Crippen LogP contribution is -2.30. The van der Waals surface area contributed by atoms with Crippen molar-refractivity contribution in [2.75, 3.05) is 13.2 Å². The smallest absolute Gasteiger partial charge is 0.306 e. The molecule has 1 atom stereocenters. The van der Waals surface area contributed by atoms with Gasteiger partial charge in [-0.1, -0.05) is 230 Å². The minimum absolute atomic E-state index is 0.119. The molecule has 372 valence electrons. The summed E-state index contributed by atoms with van der Waals surface area (Å²) in [6.45, 7) is 6.15. The Balaban J connectivity index is 4.56. The molecule has 6 nitrogen and oxygen atoms in total. The highest BCUT2D eigenvalue weighted by molar-refractivity contribution is 5.71. The number of allylic oxidation sites excluding steroid dienone is 26. The molecule has 1 unspecified atom stereocenters. The van der Waals surface area contributed by atoms with Crippen LogP contribution in [0.2, 0.25) is 0 Å².